The van der Waals surface area contributed by atoms with Gasteiger partial charge in [0.1, 0.15) is 11.5 Å². The van der Waals surface area contributed by atoms with Gasteiger partial charge in [0, 0.05) is 5.02 Å². The van der Waals surface area contributed by atoms with Gasteiger partial charge in [-0.3, -0.25) is 4.79 Å². The number of carbonyl (C=O) groups excluding carboxylic acids is 2. The Labute approximate surface area is 202 Å². The fourth-order valence-corrected chi connectivity index (χ4v) is 3.33. The lowest BCUT2D eigenvalue weighted by Gasteiger charge is -2.16. The Kier molecular flexibility index (Phi) is 8.46. The lowest BCUT2D eigenvalue weighted by molar-refractivity contribution is -0.128. The van der Waals surface area contributed by atoms with Crippen molar-refractivity contribution in [1.82, 2.24) is 5.43 Å². The number of rotatable bonds is 8. The molecule has 0 spiro atoms. The Balaban J connectivity index is 1.55. The lowest BCUT2D eigenvalue weighted by Crippen LogP contribution is -2.35. The molecule has 0 aliphatic carbocycles. The average Bonchev–Trinajstić information content (AvgIpc) is 2.80. The van der Waals surface area contributed by atoms with E-state index >= 15 is 0 Å². The number of halogens is 2. The highest BCUT2D eigenvalue weighted by atomic mass is 35.5. The molecular weight excluding hydrogens is 463 g/mol. The Morgan fingerprint density at radius 3 is 2.45 bits per heavy atom. The first kappa shape index (κ1) is 24.3. The molecule has 0 saturated carbocycles. The predicted molar refractivity (Wildman–Crippen MR) is 129 cm³/mol. The van der Waals surface area contributed by atoms with Gasteiger partial charge in [-0.2, -0.15) is 5.10 Å². The summed E-state index contributed by atoms with van der Waals surface area (Å²) in [4.78, 5) is 24.7. The van der Waals surface area contributed by atoms with Gasteiger partial charge in [-0.15, -0.1) is 0 Å². The second kappa shape index (κ2) is 11.5. The van der Waals surface area contributed by atoms with E-state index in [1.54, 1.807) is 54.6 Å². The molecule has 170 valence electrons. The van der Waals surface area contributed by atoms with Gasteiger partial charge in [-0.25, -0.2) is 10.2 Å². The molecule has 33 heavy (non-hydrogen) atoms. The van der Waals surface area contributed by atoms with Crippen molar-refractivity contribution in [1.29, 1.82) is 0 Å². The maximum absolute atomic E-state index is 12.4. The first-order chi connectivity index (χ1) is 15.9. The highest BCUT2D eigenvalue weighted by Gasteiger charge is 2.19. The van der Waals surface area contributed by atoms with E-state index in [4.69, 9.17) is 32.7 Å². The summed E-state index contributed by atoms with van der Waals surface area (Å²) in [7, 11) is 0. The Morgan fingerprint density at radius 1 is 1.06 bits per heavy atom. The highest BCUT2D eigenvalue weighted by Crippen LogP contribution is 2.28. The van der Waals surface area contributed by atoms with Crippen LogP contribution in [-0.4, -0.2) is 24.2 Å². The average molecular weight is 485 g/mol. The van der Waals surface area contributed by atoms with Crippen LogP contribution in [0.4, 0.5) is 0 Å². The van der Waals surface area contributed by atoms with Gasteiger partial charge in [0.2, 0.25) is 0 Å². The van der Waals surface area contributed by atoms with Gasteiger partial charge in [0.15, 0.2) is 6.10 Å². The van der Waals surface area contributed by atoms with Crippen molar-refractivity contribution in [2.24, 2.45) is 5.10 Å². The van der Waals surface area contributed by atoms with Crippen molar-refractivity contribution < 1.29 is 19.1 Å². The summed E-state index contributed by atoms with van der Waals surface area (Å²) < 4.78 is 11.1. The molecule has 0 saturated heterocycles. The van der Waals surface area contributed by atoms with Crippen LogP contribution in [0.5, 0.6) is 11.5 Å². The zero-order valence-electron chi connectivity index (χ0n) is 18.0. The van der Waals surface area contributed by atoms with Gasteiger partial charge in [-0.1, -0.05) is 48.3 Å². The molecule has 0 aromatic heterocycles. The van der Waals surface area contributed by atoms with Crippen molar-refractivity contribution in [2.75, 3.05) is 0 Å². The minimum Gasteiger partial charge on any atom is -0.479 e. The number of carbonyl (C=O) groups is 2. The van der Waals surface area contributed by atoms with Crippen LogP contribution in [0.2, 0.25) is 10.0 Å². The van der Waals surface area contributed by atoms with Crippen molar-refractivity contribution >= 4 is 41.3 Å². The van der Waals surface area contributed by atoms with E-state index < -0.39 is 18.0 Å². The molecule has 0 unspecified atom stereocenters. The van der Waals surface area contributed by atoms with Crippen LogP contribution in [0.15, 0.2) is 71.8 Å². The van der Waals surface area contributed by atoms with E-state index in [0.717, 1.165) is 5.56 Å². The topological polar surface area (TPSA) is 77.0 Å². The molecule has 1 amide bonds. The van der Waals surface area contributed by atoms with Crippen molar-refractivity contribution in [3.05, 3.63) is 93.5 Å². The molecule has 0 fully saturated rings. The van der Waals surface area contributed by atoms with E-state index in [1.165, 1.54) is 6.21 Å². The normalized spacial score (nSPS) is 11.8. The summed E-state index contributed by atoms with van der Waals surface area (Å²) in [5.74, 6) is -0.0664. The fourth-order valence-electron chi connectivity index (χ4n) is 2.87. The maximum atomic E-state index is 12.4. The standard InChI is InChI=1S/C25H22Cl2N2O4/c1-3-22(33-23-13-10-18(26)14-21(23)27)24(30)29-28-15-17-8-11-19(12-9-17)32-25(31)20-7-5-4-6-16(20)2/h4-15,22H,3H2,1-2H3,(H,29,30)/b28-15-/t22-/m1/s1. The second-order valence-corrected chi connectivity index (χ2v) is 7.94. The molecule has 3 aromatic rings. The minimum absolute atomic E-state index is 0.320. The zero-order chi connectivity index (χ0) is 23.8. The Morgan fingerprint density at radius 2 is 1.79 bits per heavy atom. The third-order valence-corrected chi connectivity index (χ3v) is 5.20. The number of amides is 1. The quantitative estimate of drug-likeness (QED) is 0.189. The number of hydrazone groups is 1. The predicted octanol–water partition coefficient (Wildman–Crippen LogP) is 5.83. The molecule has 0 heterocycles. The van der Waals surface area contributed by atoms with Gasteiger partial charge in [0.05, 0.1) is 16.8 Å². The Hall–Kier alpha value is -3.35. The summed E-state index contributed by atoms with van der Waals surface area (Å²) in [5.41, 5.74) is 4.52. The number of aryl methyl sites for hydroxylation is 1. The Bertz CT molecular complexity index is 1160. The third-order valence-electron chi connectivity index (χ3n) is 4.67. The summed E-state index contributed by atoms with van der Waals surface area (Å²) in [6.07, 6.45) is 1.12. The summed E-state index contributed by atoms with van der Waals surface area (Å²) in [6, 6.07) is 18.7. The van der Waals surface area contributed by atoms with Gasteiger partial charge >= 0.3 is 5.97 Å². The van der Waals surface area contributed by atoms with Gasteiger partial charge < -0.3 is 9.47 Å². The number of ether oxygens (including phenoxy) is 2. The summed E-state index contributed by atoms with van der Waals surface area (Å²) in [6.45, 7) is 3.66. The van der Waals surface area contributed by atoms with Crippen LogP contribution in [0, 0.1) is 6.92 Å². The number of benzene rings is 3. The highest BCUT2D eigenvalue weighted by molar-refractivity contribution is 6.35. The van der Waals surface area contributed by atoms with Gasteiger partial charge in [0.25, 0.3) is 5.91 Å². The second-order valence-electron chi connectivity index (χ2n) is 7.10. The van der Waals surface area contributed by atoms with E-state index in [2.05, 4.69) is 10.5 Å². The van der Waals surface area contributed by atoms with Crippen molar-refractivity contribution in [2.45, 2.75) is 26.4 Å². The minimum atomic E-state index is -0.774. The van der Waals surface area contributed by atoms with Crippen LogP contribution in [-0.2, 0) is 4.79 Å². The van der Waals surface area contributed by atoms with E-state index in [9.17, 15) is 9.59 Å². The summed E-state index contributed by atoms with van der Waals surface area (Å²) >= 11 is 12.0. The number of hydrogen-bond donors (Lipinski definition) is 1. The zero-order valence-corrected chi connectivity index (χ0v) is 19.6. The molecule has 1 atom stereocenters. The van der Waals surface area contributed by atoms with Crippen LogP contribution >= 0.6 is 23.2 Å². The molecule has 0 radical (unpaired) electrons. The SMILES string of the molecule is CC[C@@H](Oc1ccc(Cl)cc1Cl)C(=O)N/N=C\c1ccc(OC(=O)c2ccccc2C)cc1. The molecule has 8 heteroatoms. The number of hydrogen-bond acceptors (Lipinski definition) is 5. The van der Waals surface area contributed by atoms with Crippen LogP contribution in [0.25, 0.3) is 0 Å². The largest absolute Gasteiger partial charge is 0.479 e. The number of nitrogens with one attached hydrogen (secondary N) is 1. The van der Waals surface area contributed by atoms with E-state index in [0.29, 0.717) is 39.1 Å². The maximum Gasteiger partial charge on any atom is 0.343 e. The lowest BCUT2D eigenvalue weighted by atomic mass is 10.1. The first-order valence-corrected chi connectivity index (χ1v) is 11.0. The molecule has 6 nitrogen and oxygen atoms in total. The van der Waals surface area contributed by atoms with Crippen LogP contribution < -0.4 is 14.9 Å². The molecule has 0 aliphatic heterocycles. The molecule has 0 aliphatic rings. The summed E-state index contributed by atoms with van der Waals surface area (Å²) in [5, 5.41) is 4.77. The van der Waals surface area contributed by atoms with E-state index in [1.807, 2.05) is 26.0 Å². The fraction of sp³-hybridized carbons (Fsp3) is 0.160. The van der Waals surface area contributed by atoms with Crippen molar-refractivity contribution in [3.8, 4) is 11.5 Å². The van der Waals surface area contributed by atoms with Crippen molar-refractivity contribution in [3.63, 3.8) is 0 Å². The van der Waals surface area contributed by atoms with Crippen LogP contribution in [0.3, 0.4) is 0 Å². The monoisotopic (exact) mass is 484 g/mol. The first-order valence-electron chi connectivity index (χ1n) is 10.2. The number of nitrogens with zero attached hydrogens (tertiary/aromatic N) is 1. The third kappa shape index (κ3) is 6.81. The number of esters is 1. The molecule has 0 bridgehead atoms. The molecule has 1 N–H and O–H groups in total. The van der Waals surface area contributed by atoms with Gasteiger partial charge in [-0.05, 0) is 73.0 Å². The molecular formula is C25H22Cl2N2O4. The molecule has 3 aromatic carbocycles. The smallest absolute Gasteiger partial charge is 0.343 e. The molecule has 3 rings (SSSR count). The van der Waals surface area contributed by atoms with E-state index in [-0.39, 0.29) is 0 Å². The van der Waals surface area contributed by atoms with Crippen LogP contribution in [0.1, 0.15) is 34.8 Å².